The molecular weight excluding hydrogens is 582 g/mol. The molecule has 4 heterocycles. The van der Waals surface area contributed by atoms with E-state index in [1.165, 1.54) is 6.92 Å². The number of nitrogens with zero attached hydrogens (tertiary/aromatic N) is 3. The molecule has 0 saturated carbocycles. The van der Waals surface area contributed by atoms with Crippen LogP contribution in [0.2, 0.25) is 0 Å². The second-order valence-electron chi connectivity index (χ2n) is 14.0. The highest BCUT2D eigenvalue weighted by Crippen LogP contribution is 2.29. The standard InChI is InChI=1S/C32H47N5O8/c1-19(38)33-21-7-5-20(6-8-21)14-36-15-22-11-24(36)31(43)35-9-10-44-23(16-35)17-37(28(40)13-32(2,3)4)18-26-30(42)29(41)25(45-26)12-27(39)34-22/h5-8,22-26,29-30,41-42H,9-18H2,1-4H3,(H,33,38)(H,34,39)/t22-,23-,24-,25-,26+,29-,30+/m0/s1. The zero-order valence-corrected chi connectivity index (χ0v) is 26.6. The molecule has 45 heavy (non-hydrogen) atoms. The summed E-state index contributed by atoms with van der Waals surface area (Å²) in [5, 5.41) is 27.4. The molecule has 6 bridgehead atoms. The smallest absolute Gasteiger partial charge is 0.240 e. The number of amides is 4. The lowest BCUT2D eigenvalue weighted by molar-refractivity contribution is -0.148. The Bertz CT molecular complexity index is 1250. The molecule has 13 heteroatoms. The van der Waals surface area contributed by atoms with E-state index in [1.54, 1.807) is 9.80 Å². The highest BCUT2D eigenvalue weighted by molar-refractivity contribution is 5.88. The average molecular weight is 630 g/mol. The fourth-order valence-electron chi connectivity index (χ4n) is 6.73. The zero-order chi connectivity index (χ0) is 32.5. The number of morpholine rings is 1. The maximum Gasteiger partial charge on any atom is 0.240 e. The van der Waals surface area contributed by atoms with E-state index in [1.807, 2.05) is 45.0 Å². The van der Waals surface area contributed by atoms with E-state index in [2.05, 4.69) is 15.5 Å². The van der Waals surface area contributed by atoms with Crippen LogP contribution < -0.4 is 10.6 Å². The number of hydrogen-bond donors (Lipinski definition) is 4. The van der Waals surface area contributed by atoms with Gasteiger partial charge in [-0.1, -0.05) is 32.9 Å². The quantitative estimate of drug-likeness (QED) is 0.362. The summed E-state index contributed by atoms with van der Waals surface area (Å²) in [5.74, 6) is -0.697. The molecule has 4 aliphatic rings. The Balaban J connectivity index is 1.39. The SMILES string of the molecule is CC(=O)Nc1ccc(CN2C[C@@H]3C[C@H]2C(=O)N2CCO[C@H](CN(C(=O)CC(C)(C)C)C[C@H]4O[C@@H](CC(=O)N3)[C@H](O)[C@@H]4O)C2)cc1. The monoisotopic (exact) mass is 629 g/mol. The van der Waals surface area contributed by atoms with Gasteiger partial charge in [-0.05, 0) is 29.5 Å². The number of carbonyl (C=O) groups is 4. The molecule has 4 aliphatic heterocycles. The second kappa shape index (κ2) is 13.7. The minimum Gasteiger partial charge on any atom is -0.388 e. The van der Waals surface area contributed by atoms with Gasteiger partial charge in [-0.25, -0.2) is 0 Å². The van der Waals surface area contributed by atoms with Crippen LogP contribution in [0.4, 0.5) is 5.69 Å². The van der Waals surface area contributed by atoms with Crippen LogP contribution in [0.25, 0.3) is 0 Å². The van der Waals surface area contributed by atoms with Gasteiger partial charge < -0.3 is 40.1 Å². The van der Waals surface area contributed by atoms with Crippen molar-refractivity contribution in [3.8, 4) is 0 Å². The van der Waals surface area contributed by atoms with Crippen molar-refractivity contribution in [2.24, 2.45) is 5.41 Å². The number of rotatable bonds is 4. The van der Waals surface area contributed by atoms with E-state index >= 15 is 0 Å². The van der Waals surface area contributed by atoms with Crippen LogP contribution in [0.5, 0.6) is 0 Å². The van der Waals surface area contributed by atoms with Crippen molar-refractivity contribution in [1.29, 1.82) is 0 Å². The molecule has 5 rings (SSSR count). The second-order valence-corrected chi connectivity index (χ2v) is 14.0. The van der Waals surface area contributed by atoms with Gasteiger partial charge in [0, 0.05) is 64.3 Å². The number of ether oxygens (including phenoxy) is 2. The Morgan fingerprint density at radius 3 is 2.42 bits per heavy atom. The number of nitrogens with one attached hydrogen (secondary N) is 2. The third kappa shape index (κ3) is 8.39. The number of hydrogen-bond acceptors (Lipinski definition) is 9. The first-order chi connectivity index (χ1) is 21.3. The lowest BCUT2D eigenvalue weighted by Crippen LogP contribution is -2.55. The van der Waals surface area contributed by atoms with E-state index in [9.17, 15) is 29.4 Å². The fraction of sp³-hybridized carbons (Fsp3) is 0.688. The summed E-state index contributed by atoms with van der Waals surface area (Å²) < 4.78 is 12.1. The molecule has 0 spiro atoms. The lowest BCUT2D eigenvalue weighted by Gasteiger charge is -2.39. The molecule has 0 radical (unpaired) electrons. The van der Waals surface area contributed by atoms with Gasteiger partial charge in [-0.15, -0.1) is 0 Å². The summed E-state index contributed by atoms with van der Waals surface area (Å²) in [6.07, 6.45) is -4.30. The number of fused-ring (bicyclic) bond motifs is 6. The van der Waals surface area contributed by atoms with Gasteiger partial charge in [0.2, 0.25) is 23.6 Å². The first-order valence-corrected chi connectivity index (χ1v) is 15.9. The number of aliphatic hydroxyl groups excluding tert-OH is 2. The molecule has 0 unspecified atom stereocenters. The molecule has 1 aromatic carbocycles. The molecule has 4 amide bonds. The van der Waals surface area contributed by atoms with Crippen LogP contribution in [-0.2, 0) is 35.2 Å². The van der Waals surface area contributed by atoms with Gasteiger partial charge >= 0.3 is 0 Å². The Labute approximate surface area is 264 Å². The van der Waals surface area contributed by atoms with Crippen molar-refractivity contribution in [3.05, 3.63) is 29.8 Å². The molecule has 4 N–H and O–H groups in total. The van der Waals surface area contributed by atoms with Gasteiger partial charge in [-0.3, -0.25) is 24.1 Å². The predicted octanol–water partition coefficient (Wildman–Crippen LogP) is 0.0892. The lowest BCUT2D eigenvalue weighted by atomic mass is 9.91. The summed E-state index contributed by atoms with van der Waals surface area (Å²) in [6, 6.07) is 6.65. The maximum atomic E-state index is 14.1. The third-order valence-electron chi connectivity index (χ3n) is 8.87. The molecule has 4 saturated heterocycles. The number of anilines is 1. The van der Waals surface area contributed by atoms with E-state index in [0.29, 0.717) is 44.9 Å². The Kier molecular flexibility index (Phi) is 10.1. The minimum absolute atomic E-state index is 0.0266. The first kappa shape index (κ1) is 33.3. The van der Waals surface area contributed by atoms with Crippen LogP contribution >= 0.6 is 0 Å². The van der Waals surface area contributed by atoms with Crippen molar-refractivity contribution >= 4 is 29.3 Å². The maximum absolute atomic E-state index is 14.1. The molecule has 248 valence electrons. The minimum atomic E-state index is -1.28. The summed E-state index contributed by atoms with van der Waals surface area (Å²) in [6.45, 7) is 9.51. The predicted molar refractivity (Wildman–Crippen MR) is 164 cm³/mol. The molecule has 0 aromatic heterocycles. The summed E-state index contributed by atoms with van der Waals surface area (Å²) in [4.78, 5) is 57.6. The summed E-state index contributed by atoms with van der Waals surface area (Å²) >= 11 is 0. The van der Waals surface area contributed by atoms with Crippen LogP contribution in [-0.4, -0.2) is 130 Å². The number of likely N-dealkylation sites (tertiary alicyclic amines) is 1. The van der Waals surface area contributed by atoms with Crippen molar-refractivity contribution in [1.82, 2.24) is 20.0 Å². The third-order valence-corrected chi connectivity index (χ3v) is 8.87. The Morgan fingerprint density at radius 1 is 1.02 bits per heavy atom. The number of carbonyl (C=O) groups excluding carboxylic acids is 4. The largest absolute Gasteiger partial charge is 0.388 e. The van der Waals surface area contributed by atoms with E-state index in [-0.39, 0.29) is 61.0 Å². The Hall–Kier alpha value is -3.10. The molecule has 4 fully saturated rings. The van der Waals surface area contributed by atoms with Crippen LogP contribution in [0, 0.1) is 5.41 Å². The van der Waals surface area contributed by atoms with Crippen molar-refractivity contribution in [2.75, 3.05) is 44.6 Å². The molecule has 13 nitrogen and oxygen atoms in total. The van der Waals surface area contributed by atoms with E-state index in [4.69, 9.17) is 9.47 Å². The van der Waals surface area contributed by atoms with Crippen molar-refractivity contribution in [3.63, 3.8) is 0 Å². The van der Waals surface area contributed by atoms with E-state index in [0.717, 1.165) is 5.56 Å². The normalized spacial score (nSPS) is 31.6. The molecular formula is C32H47N5O8. The van der Waals surface area contributed by atoms with Gasteiger partial charge in [0.1, 0.15) is 18.3 Å². The number of aliphatic hydroxyl groups is 2. The first-order valence-electron chi connectivity index (χ1n) is 15.9. The molecule has 0 aliphatic carbocycles. The van der Waals surface area contributed by atoms with Crippen LogP contribution in [0.15, 0.2) is 24.3 Å². The number of benzene rings is 1. The van der Waals surface area contributed by atoms with Gasteiger partial charge in [-0.2, -0.15) is 0 Å². The van der Waals surface area contributed by atoms with Crippen LogP contribution in [0.1, 0.15) is 52.5 Å². The molecule has 7 atom stereocenters. The zero-order valence-electron chi connectivity index (χ0n) is 26.6. The highest BCUT2D eigenvalue weighted by Gasteiger charge is 2.46. The average Bonchev–Trinajstić information content (AvgIpc) is 3.46. The van der Waals surface area contributed by atoms with Crippen molar-refractivity contribution in [2.45, 2.75) is 96.1 Å². The summed E-state index contributed by atoms with van der Waals surface area (Å²) in [7, 11) is 0. The fourth-order valence-corrected chi connectivity index (χ4v) is 6.73. The molecule has 1 aromatic rings. The van der Waals surface area contributed by atoms with Gasteiger partial charge in [0.15, 0.2) is 0 Å². The van der Waals surface area contributed by atoms with Crippen LogP contribution in [0.3, 0.4) is 0 Å². The topological polar surface area (TPSA) is 161 Å². The van der Waals surface area contributed by atoms with Gasteiger partial charge in [0.05, 0.1) is 31.3 Å². The highest BCUT2D eigenvalue weighted by atomic mass is 16.5. The Morgan fingerprint density at radius 2 is 1.73 bits per heavy atom. The van der Waals surface area contributed by atoms with E-state index < -0.39 is 36.6 Å². The summed E-state index contributed by atoms with van der Waals surface area (Å²) in [5.41, 5.74) is 1.35. The van der Waals surface area contributed by atoms with Crippen molar-refractivity contribution < 1.29 is 38.9 Å². The van der Waals surface area contributed by atoms with Gasteiger partial charge in [0.25, 0.3) is 0 Å².